The summed E-state index contributed by atoms with van der Waals surface area (Å²) in [5.41, 5.74) is 5.12. The largest absolute Gasteiger partial charge is 0.481 e. The summed E-state index contributed by atoms with van der Waals surface area (Å²) in [6.45, 7) is 3.96. The van der Waals surface area contributed by atoms with Crippen LogP contribution in [0.25, 0.3) is 0 Å². The second-order valence-electron chi connectivity index (χ2n) is 8.08. The first-order valence-electron chi connectivity index (χ1n) is 11.3. The van der Waals surface area contributed by atoms with Crippen LogP contribution in [-0.2, 0) is 24.8 Å². The van der Waals surface area contributed by atoms with Crippen LogP contribution in [0.4, 0.5) is 0 Å². The minimum absolute atomic E-state index is 0.0347. The van der Waals surface area contributed by atoms with Crippen molar-refractivity contribution >= 4 is 26.0 Å². The first-order chi connectivity index (χ1) is 17.6. The Kier molecular flexibility index (Phi) is 9.62. The number of sulfonamides is 2. The molecule has 1 saturated heterocycles. The number of hydroxylamine groups is 1. The molecule has 3 atom stereocenters. The smallest absolute Gasteiger partial charge is 0.261 e. The molecule has 0 radical (unpaired) electrons. The highest BCUT2D eigenvalue weighted by atomic mass is 32.2. The molecule has 5 N–H and O–H groups in total. The topological polar surface area (TPSA) is 176 Å². The molecule has 0 aromatic heterocycles. The zero-order chi connectivity index (χ0) is 27.1. The molecule has 200 valence electrons. The van der Waals surface area contributed by atoms with Gasteiger partial charge in [-0.2, -0.15) is 4.72 Å². The quantitative estimate of drug-likeness (QED) is 0.0776. The van der Waals surface area contributed by atoms with E-state index in [4.69, 9.17) is 9.94 Å². The molecule has 12 nitrogen and oxygen atoms in total. The third-order valence-corrected chi connectivity index (χ3v) is 8.54. The van der Waals surface area contributed by atoms with E-state index in [9.17, 15) is 21.6 Å². The highest BCUT2D eigenvalue weighted by Crippen LogP contribution is 2.22. The summed E-state index contributed by atoms with van der Waals surface area (Å²) in [7, 11) is -7.80. The molecular formula is C23H29N5O7S2. The van der Waals surface area contributed by atoms with Crippen molar-refractivity contribution in [1.82, 2.24) is 25.4 Å². The van der Waals surface area contributed by atoms with Crippen molar-refractivity contribution in [3.05, 3.63) is 54.1 Å². The number of nitrogens with zero attached hydrogens (tertiary/aromatic N) is 1. The highest BCUT2D eigenvalue weighted by Gasteiger charge is 2.44. The molecule has 1 aliphatic heterocycles. The van der Waals surface area contributed by atoms with Crippen molar-refractivity contribution in [3.63, 3.8) is 0 Å². The van der Waals surface area contributed by atoms with Crippen LogP contribution in [0.3, 0.4) is 0 Å². The lowest BCUT2D eigenvalue weighted by molar-refractivity contribution is -0.131. The number of amides is 1. The van der Waals surface area contributed by atoms with Gasteiger partial charge in [0.05, 0.1) is 9.79 Å². The van der Waals surface area contributed by atoms with Crippen molar-refractivity contribution in [3.8, 4) is 17.6 Å². The van der Waals surface area contributed by atoms with Crippen molar-refractivity contribution in [2.45, 2.75) is 48.8 Å². The van der Waals surface area contributed by atoms with Crippen LogP contribution in [0.1, 0.15) is 25.3 Å². The summed E-state index contributed by atoms with van der Waals surface area (Å²) >= 11 is 0. The van der Waals surface area contributed by atoms with E-state index < -0.39 is 38.3 Å². The molecule has 1 fully saturated rings. The minimum atomic E-state index is -4.09. The van der Waals surface area contributed by atoms with Gasteiger partial charge in [-0.3, -0.25) is 15.3 Å². The van der Waals surface area contributed by atoms with Gasteiger partial charge in [-0.1, -0.05) is 28.0 Å². The molecule has 1 amide bonds. The number of rotatable bonds is 13. The van der Waals surface area contributed by atoms with E-state index >= 15 is 0 Å². The lowest BCUT2D eigenvalue weighted by atomic mass is 10.1. The number of carbonyl (C=O) groups is 1. The van der Waals surface area contributed by atoms with Crippen LogP contribution in [0, 0.1) is 18.8 Å². The summed E-state index contributed by atoms with van der Waals surface area (Å²) in [5.74, 6) is 4.92. The van der Waals surface area contributed by atoms with Gasteiger partial charge in [0.1, 0.15) is 18.4 Å². The molecule has 2 unspecified atom stereocenters. The molecule has 2 aromatic rings. The summed E-state index contributed by atoms with van der Waals surface area (Å²) in [5, 5.41) is 12.0. The monoisotopic (exact) mass is 551 g/mol. The fourth-order valence-corrected chi connectivity index (χ4v) is 5.80. The lowest BCUT2D eigenvalue weighted by Crippen LogP contribution is -2.46. The van der Waals surface area contributed by atoms with Gasteiger partial charge in [-0.25, -0.2) is 27.7 Å². The highest BCUT2D eigenvalue weighted by molar-refractivity contribution is 7.89. The number of nitrogens with one attached hydrogen (secondary N) is 4. The van der Waals surface area contributed by atoms with Crippen molar-refractivity contribution in [1.29, 1.82) is 0 Å². The molecular weight excluding hydrogens is 522 g/mol. The van der Waals surface area contributed by atoms with Gasteiger partial charge in [0.25, 0.3) is 15.9 Å². The van der Waals surface area contributed by atoms with Crippen LogP contribution in [-0.4, -0.2) is 57.8 Å². The summed E-state index contributed by atoms with van der Waals surface area (Å²) in [6, 6.07) is 10.8. The second-order valence-corrected chi connectivity index (χ2v) is 11.6. The van der Waals surface area contributed by atoms with Gasteiger partial charge in [0.2, 0.25) is 10.0 Å². The van der Waals surface area contributed by atoms with Crippen LogP contribution in [0.2, 0.25) is 0 Å². The molecule has 0 bridgehead atoms. The molecule has 37 heavy (non-hydrogen) atoms. The van der Waals surface area contributed by atoms with Crippen molar-refractivity contribution in [2.75, 3.05) is 13.2 Å². The maximum absolute atomic E-state index is 12.8. The Morgan fingerprint density at radius 1 is 1.11 bits per heavy atom. The number of benzene rings is 2. The van der Waals surface area contributed by atoms with Gasteiger partial charge in [0, 0.05) is 0 Å². The summed E-state index contributed by atoms with van der Waals surface area (Å²) in [6.07, 6.45) is -0.299. The van der Waals surface area contributed by atoms with Gasteiger partial charge < -0.3 is 4.74 Å². The number of hydrazine groups is 1. The first kappa shape index (κ1) is 28.5. The normalized spacial score (nSPS) is 17.8. The Labute approximate surface area is 216 Å². The van der Waals surface area contributed by atoms with Crippen LogP contribution >= 0.6 is 0 Å². The maximum atomic E-state index is 12.8. The van der Waals surface area contributed by atoms with Crippen molar-refractivity contribution in [2.24, 2.45) is 0 Å². The van der Waals surface area contributed by atoms with E-state index in [-0.39, 0.29) is 29.4 Å². The van der Waals surface area contributed by atoms with Gasteiger partial charge in [0.15, 0.2) is 6.29 Å². The zero-order valence-electron chi connectivity index (χ0n) is 20.3. The van der Waals surface area contributed by atoms with Gasteiger partial charge in [-0.05, 0) is 69.6 Å². The van der Waals surface area contributed by atoms with E-state index in [0.29, 0.717) is 12.2 Å². The molecule has 0 spiro atoms. The molecule has 0 saturated carbocycles. The molecule has 14 heteroatoms. The third-order valence-electron chi connectivity index (χ3n) is 5.35. The fourth-order valence-electron chi connectivity index (χ4n) is 3.28. The zero-order valence-corrected chi connectivity index (χ0v) is 21.9. The minimum Gasteiger partial charge on any atom is -0.481 e. The number of carbonyl (C=O) groups excluding carboxylic acids is 1. The maximum Gasteiger partial charge on any atom is 0.261 e. The molecule has 1 heterocycles. The molecule has 1 aliphatic rings. The van der Waals surface area contributed by atoms with Gasteiger partial charge in [-0.15, -0.1) is 5.92 Å². The van der Waals surface area contributed by atoms with Crippen LogP contribution < -0.4 is 25.7 Å². The number of hydrogen-bond acceptors (Lipinski definition) is 9. The third kappa shape index (κ3) is 7.73. The van der Waals surface area contributed by atoms with E-state index in [2.05, 4.69) is 27.3 Å². The van der Waals surface area contributed by atoms with E-state index in [1.54, 1.807) is 19.1 Å². The predicted molar refractivity (Wildman–Crippen MR) is 134 cm³/mol. The molecule has 2 aromatic carbocycles. The van der Waals surface area contributed by atoms with Crippen LogP contribution in [0.5, 0.6) is 5.75 Å². The standard InChI is InChI=1S/C23H29N5O7S2/c1-3-4-16-35-18-9-13-19(14-10-18)36(31,32)27-21(22(29)26-30)6-5-15-24-23-25-28(23)37(33,34)20-11-7-17(2)8-12-20/h7-14,21,23-25,27,30H,5-6,15-16H2,1-2H3,(H,26,29)/t21-,23?,28?/m1/s1. The van der Waals surface area contributed by atoms with E-state index in [1.807, 2.05) is 6.92 Å². The van der Waals surface area contributed by atoms with E-state index in [0.717, 1.165) is 9.98 Å². The number of hydrogen-bond donors (Lipinski definition) is 5. The fraction of sp³-hybridized carbons (Fsp3) is 0.348. The summed E-state index contributed by atoms with van der Waals surface area (Å²) < 4.78 is 59.5. The number of aryl methyl sites for hydroxylation is 1. The Hall–Kier alpha value is -3.03. The van der Waals surface area contributed by atoms with Crippen LogP contribution in [0.15, 0.2) is 58.3 Å². The second kappa shape index (κ2) is 12.5. The number of ether oxygens (including phenoxy) is 1. The predicted octanol–water partition coefficient (Wildman–Crippen LogP) is 0.412. The molecule has 3 rings (SSSR count). The van der Waals surface area contributed by atoms with E-state index in [1.165, 1.54) is 41.9 Å². The Morgan fingerprint density at radius 3 is 2.38 bits per heavy atom. The summed E-state index contributed by atoms with van der Waals surface area (Å²) in [4.78, 5) is 12.1. The lowest BCUT2D eigenvalue weighted by Gasteiger charge is -2.17. The average molecular weight is 552 g/mol. The van der Waals surface area contributed by atoms with Crippen molar-refractivity contribution < 1.29 is 31.6 Å². The first-order valence-corrected chi connectivity index (χ1v) is 14.2. The van der Waals surface area contributed by atoms with Gasteiger partial charge >= 0.3 is 0 Å². The molecule has 0 aliphatic carbocycles. The Morgan fingerprint density at radius 2 is 1.76 bits per heavy atom. The Bertz CT molecular complexity index is 1350. The SMILES string of the molecule is CC#CCOc1ccc(S(=O)(=O)N[C@H](CCCNC2NN2S(=O)(=O)c2ccc(C)cc2)C(=O)NO)cc1. The Balaban J connectivity index is 1.51. The average Bonchev–Trinajstić information content (AvgIpc) is 3.67.